The van der Waals surface area contributed by atoms with Crippen LogP contribution in [0.1, 0.15) is 30.3 Å². The molecular formula is C18H26N4O3S. The van der Waals surface area contributed by atoms with Gasteiger partial charge in [0.1, 0.15) is 18.3 Å². The SMILES string of the molecule is COCCOCn1ccnc1C1CCN(C(=S)NCc2ccco2)CC1. The van der Waals surface area contributed by atoms with Gasteiger partial charge in [0.2, 0.25) is 0 Å². The smallest absolute Gasteiger partial charge is 0.169 e. The standard InChI is InChI=1S/C18H26N4O3S/c1-23-11-12-24-14-22-9-6-19-17(22)15-4-7-21(8-5-15)18(26)20-13-16-3-2-10-25-16/h2-3,6,9-10,15H,4-5,7-8,11-14H2,1H3,(H,20,26). The molecule has 0 unspecified atom stereocenters. The fourth-order valence-electron chi connectivity index (χ4n) is 3.12. The first-order valence-electron chi connectivity index (χ1n) is 8.91. The van der Waals surface area contributed by atoms with Crippen molar-refractivity contribution < 1.29 is 13.9 Å². The molecule has 7 nitrogen and oxygen atoms in total. The van der Waals surface area contributed by atoms with Crippen LogP contribution in [0.25, 0.3) is 0 Å². The lowest BCUT2D eigenvalue weighted by atomic mass is 9.96. The second-order valence-corrected chi connectivity index (χ2v) is 6.67. The van der Waals surface area contributed by atoms with Gasteiger partial charge in [-0.05, 0) is 37.2 Å². The molecule has 3 heterocycles. The molecule has 1 aliphatic rings. The number of nitrogens with zero attached hydrogens (tertiary/aromatic N) is 3. The predicted molar refractivity (Wildman–Crippen MR) is 102 cm³/mol. The molecule has 0 radical (unpaired) electrons. The first-order chi connectivity index (χ1) is 12.8. The molecule has 1 saturated heterocycles. The number of hydrogen-bond acceptors (Lipinski definition) is 5. The molecule has 0 amide bonds. The number of ether oxygens (including phenoxy) is 2. The van der Waals surface area contributed by atoms with E-state index in [4.69, 9.17) is 26.1 Å². The van der Waals surface area contributed by atoms with E-state index in [2.05, 4.69) is 19.8 Å². The quantitative estimate of drug-likeness (QED) is 0.559. The maximum atomic E-state index is 5.62. The number of likely N-dealkylation sites (tertiary alicyclic amines) is 1. The summed E-state index contributed by atoms with van der Waals surface area (Å²) in [6, 6.07) is 3.82. The fourth-order valence-corrected chi connectivity index (χ4v) is 3.38. The molecule has 2 aromatic rings. The molecule has 0 aliphatic carbocycles. The molecule has 0 aromatic carbocycles. The zero-order valence-electron chi connectivity index (χ0n) is 15.1. The van der Waals surface area contributed by atoms with Crippen LogP contribution in [0.5, 0.6) is 0 Å². The lowest BCUT2D eigenvalue weighted by molar-refractivity contribution is 0.0321. The summed E-state index contributed by atoms with van der Waals surface area (Å²) in [5.74, 6) is 2.41. The number of hydrogen-bond donors (Lipinski definition) is 1. The monoisotopic (exact) mass is 378 g/mol. The maximum Gasteiger partial charge on any atom is 0.169 e. The molecule has 26 heavy (non-hydrogen) atoms. The minimum absolute atomic E-state index is 0.431. The van der Waals surface area contributed by atoms with Crippen LogP contribution in [0.15, 0.2) is 35.2 Å². The van der Waals surface area contributed by atoms with E-state index in [0.717, 1.165) is 42.6 Å². The number of aromatic nitrogens is 2. The van der Waals surface area contributed by atoms with Gasteiger partial charge < -0.3 is 28.7 Å². The van der Waals surface area contributed by atoms with Crippen LogP contribution < -0.4 is 5.32 Å². The van der Waals surface area contributed by atoms with Crippen molar-refractivity contribution in [1.29, 1.82) is 0 Å². The minimum atomic E-state index is 0.431. The maximum absolute atomic E-state index is 5.62. The molecule has 1 fully saturated rings. The highest BCUT2D eigenvalue weighted by Crippen LogP contribution is 2.27. The predicted octanol–water partition coefficient (Wildman–Crippen LogP) is 2.35. The van der Waals surface area contributed by atoms with E-state index in [1.165, 1.54) is 0 Å². The van der Waals surface area contributed by atoms with Crippen molar-refractivity contribution in [2.75, 3.05) is 33.4 Å². The van der Waals surface area contributed by atoms with Gasteiger partial charge in [0.05, 0.1) is 26.0 Å². The van der Waals surface area contributed by atoms with Crippen LogP contribution in [0.2, 0.25) is 0 Å². The van der Waals surface area contributed by atoms with E-state index in [0.29, 0.717) is 32.4 Å². The van der Waals surface area contributed by atoms with Crippen LogP contribution in [-0.2, 0) is 22.7 Å². The molecule has 8 heteroatoms. The summed E-state index contributed by atoms with van der Waals surface area (Å²) >= 11 is 5.51. The van der Waals surface area contributed by atoms with E-state index in [-0.39, 0.29) is 0 Å². The molecule has 1 N–H and O–H groups in total. The number of imidazole rings is 1. The Bertz CT molecular complexity index is 666. The van der Waals surface area contributed by atoms with Crippen molar-refractivity contribution in [2.45, 2.75) is 32.0 Å². The number of piperidine rings is 1. The van der Waals surface area contributed by atoms with E-state index < -0.39 is 0 Å². The average molecular weight is 378 g/mol. The van der Waals surface area contributed by atoms with Crippen LogP contribution in [0.3, 0.4) is 0 Å². The van der Waals surface area contributed by atoms with Crippen molar-refractivity contribution in [2.24, 2.45) is 0 Å². The fraction of sp³-hybridized carbons (Fsp3) is 0.556. The summed E-state index contributed by atoms with van der Waals surface area (Å²) in [5.41, 5.74) is 0. The first kappa shape index (κ1) is 18.9. The lowest BCUT2D eigenvalue weighted by Crippen LogP contribution is -2.43. The van der Waals surface area contributed by atoms with E-state index in [1.54, 1.807) is 13.4 Å². The molecule has 0 bridgehead atoms. The summed E-state index contributed by atoms with van der Waals surface area (Å²) in [5, 5.41) is 4.05. The lowest BCUT2D eigenvalue weighted by Gasteiger charge is -2.33. The van der Waals surface area contributed by atoms with Gasteiger partial charge in [-0.3, -0.25) is 0 Å². The van der Waals surface area contributed by atoms with Crippen molar-refractivity contribution in [3.8, 4) is 0 Å². The second-order valence-electron chi connectivity index (χ2n) is 6.28. The Kier molecular flexibility index (Phi) is 7.04. The molecular weight excluding hydrogens is 352 g/mol. The highest BCUT2D eigenvalue weighted by molar-refractivity contribution is 7.80. The van der Waals surface area contributed by atoms with Crippen molar-refractivity contribution in [1.82, 2.24) is 19.8 Å². The zero-order chi connectivity index (χ0) is 18.2. The number of furan rings is 1. The van der Waals surface area contributed by atoms with Gasteiger partial charge >= 0.3 is 0 Å². The number of rotatable bonds is 8. The Hall–Kier alpha value is -1.90. The normalized spacial score (nSPS) is 15.3. The van der Waals surface area contributed by atoms with Gasteiger partial charge in [-0.1, -0.05) is 0 Å². The van der Waals surface area contributed by atoms with E-state index in [9.17, 15) is 0 Å². The summed E-state index contributed by atoms with van der Waals surface area (Å²) in [6.07, 6.45) is 7.54. The molecule has 3 rings (SSSR count). The Morgan fingerprint density at radius 3 is 2.96 bits per heavy atom. The van der Waals surface area contributed by atoms with Crippen LogP contribution >= 0.6 is 12.2 Å². The molecule has 0 atom stereocenters. The molecule has 0 spiro atoms. The summed E-state index contributed by atoms with van der Waals surface area (Å²) in [7, 11) is 1.67. The highest BCUT2D eigenvalue weighted by Gasteiger charge is 2.25. The molecule has 0 saturated carbocycles. The summed E-state index contributed by atoms with van der Waals surface area (Å²) in [6.45, 7) is 4.17. The third-order valence-electron chi connectivity index (χ3n) is 4.55. The van der Waals surface area contributed by atoms with E-state index >= 15 is 0 Å². The number of nitrogens with one attached hydrogen (secondary N) is 1. The second kappa shape index (κ2) is 9.70. The van der Waals surface area contributed by atoms with Crippen LogP contribution in [0, 0.1) is 0 Å². The molecule has 142 valence electrons. The van der Waals surface area contributed by atoms with Gasteiger partial charge in [-0.2, -0.15) is 0 Å². The minimum Gasteiger partial charge on any atom is -0.467 e. The third-order valence-corrected chi connectivity index (χ3v) is 4.95. The summed E-state index contributed by atoms with van der Waals surface area (Å²) in [4.78, 5) is 6.77. The van der Waals surface area contributed by atoms with Crippen LogP contribution in [0.4, 0.5) is 0 Å². The molecule has 2 aromatic heterocycles. The third kappa shape index (κ3) is 5.06. The first-order valence-corrected chi connectivity index (χ1v) is 9.31. The van der Waals surface area contributed by atoms with E-state index in [1.807, 2.05) is 24.5 Å². The zero-order valence-corrected chi connectivity index (χ0v) is 15.9. The Balaban J connectivity index is 1.45. The van der Waals surface area contributed by atoms with Gasteiger partial charge in [0, 0.05) is 38.5 Å². The van der Waals surface area contributed by atoms with Gasteiger partial charge in [-0.25, -0.2) is 4.98 Å². The Morgan fingerprint density at radius 1 is 1.38 bits per heavy atom. The summed E-state index contributed by atoms with van der Waals surface area (Å²) < 4.78 is 18.0. The Morgan fingerprint density at radius 2 is 2.23 bits per heavy atom. The largest absolute Gasteiger partial charge is 0.467 e. The number of thiocarbonyl (C=S) groups is 1. The molecule has 1 aliphatic heterocycles. The van der Waals surface area contributed by atoms with Crippen LogP contribution in [-0.4, -0.2) is 53.0 Å². The van der Waals surface area contributed by atoms with Gasteiger partial charge in [0.15, 0.2) is 5.11 Å². The van der Waals surface area contributed by atoms with Gasteiger partial charge in [-0.15, -0.1) is 0 Å². The highest BCUT2D eigenvalue weighted by atomic mass is 32.1. The van der Waals surface area contributed by atoms with Crippen molar-refractivity contribution in [3.05, 3.63) is 42.4 Å². The average Bonchev–Trinajstić information content (AvgIpc) is 3.35. The van der Waals surface area contributed by atoms with Gasteiger partial charge in [0.25, 0.3) is 0 Å². The Labute approximate surface area is 159 Å². The topological polar surface area (TPSA) is 64.7 Å². The van der Waals surface area contributed by atoms with Crippen molar-refractivity contribution >= 4 is 17.3 Å². The number of methoxy groups -OCH3 is 1. The van der Waals surface area contributed by atoms with Crippen molar-refractivity contribution in [3.63, 3.8) is 0 Å².